The van der Waals surface area contributed by atoms with Crippen molar-refractivity contribution in [3.8, 4) is 34.1 Å². The molecule has 0 saturated heterocycles. The molecule has 0 aromatic rings. The summed E-state index contributed by atoms with van der Waals surface area (Å²) in [5, 5.41) is 0. The molecule has 0 heteroatoms. The Labute approximate surface area is 130 Å². The van der Waals surface area contributed by atoms with Crippen LogP contribution >= 0.6 is 0 Å². The van der Waals surface area contributed by atoms with Crippen LogP contribution in [0.15, 0.2) is 84.9 Å². The number of hydrogen-bond donors (Lipinski definition) is 0. The topological polar surface area (TPSA) is 0 Å². The van der Waals surface area contributed by atoms with Gasteiger partial charge in [0.15, 0.2) is 0 Å². The summed E-state index contributed by atoms with van der Waals surface area (Å²) in [4.78, 5) is 0. The Kier molecular flexibility index (Phi) is 3.11. The first-order valence-corrected chi connectivity index (χ1v) is 7.38. The molecule has 102 valence electrons. The van der Waals surface area contributed by atoms with Crippen LogP contribution in [0.1, 0.15) is 11.1 Å². The van der Waals surface area contributed by atoms with Gasteiger partial charge >= 0.3 is 0 Å². The fourth-order valence-corrected chi connectivity index (χ4v) is 2.64. The second kappa shape index (κ2) is 5.39. The third kappa shape index (κ3) is 2.45. The molecule has 0 bridgehead atoms. The Balaban J connectivity index is 1.71. The summed E-state index contributed by atoms with van der Waals surface area (Å²) < 4.78 is 0. The molecule has 22 heavy (non-hydrogen) atoms. The molecule has 4 rings (SSSR count). The molecule has 0 amide bonds. The third-order valence-electron chi connectivity index (χ3n) is 3.89. The van der Waals surface area contributed by atoms with Crippen LogP contribution in [-0.4, -0.2) is 0 Å². The second-order valence-electron chi connectivity index (χ2n) is 5.37. The van der Waals surface area contributed by atoms with Crippen molar-refractivity contribution in [3.05, 3.63) is 96.1 Å². The molecule has 4 aliphatic rings. The van der Waals surface area contributed by atoms with Gasteiger partial charge in [0.2, 0.25) is 0 Å². The van der Waals surface area contributed by atoms with Crippen molar-refractivity contribution >= 4 is 0 Å². The molecule has 0 aromatic heterocycles. The minimum Gasteiger partial charge on any atom is -0.0617 e. The lowest BCUT2D eigenvalue weighted by Gasteiger charge is -1.85. The van der Waals surface area contributed by atoms with E-state index in [1.807, 2.05) is 0 Å². The highest BCUT2D eigenvalue weighted by Gasteiger charge is 1.99. The summed E-state index contributed by atoms with van der Waals surface area (Å²) in [6.45, 7) is 0. The van der Waals surface area contributed by atoms with Crippen LogP contribution in [0, 0.1) is 11.8 Å². The summed E-state index contributed by atoms with van der Waals surface area (Å²) in [5.41, 5.74) is 7.05. The smallest absolute Gasteiger partial charge is 0.0249 e. The monoisotopic (exact) mass is 278 g/mol. The predicted molar refractivity (Wildman–Crippen MR) is 92.1 cm³/mol. The zero-order valence-electron chi connectivity index (χ0n) is 12.1. The molecular formula is C22H14. The predicted octanol–water partition coefficient (Wildman–Crippen LogP) is 5.30. The molecule has 0 atom stereocenters. The quantitative estimate of drug-likeness (QED) is 0.383. The molecular weight excluding hydrogens is 264 g/mol. The minimum absolute atomic E-state index is 1.03. The average molecular weight is 278 g/mol. The van der Waals surface area contributed by atoms with Crippen LogP contribution in [0.25, 0.3) is 22.3 Å². The molecule has 0 fully saturated rings. The highest BCUT2D eigenvalue weighted by molar-refractivity contribution is 5.67. The van der Waals surface area contributed by atoms with E-state index < -0.39 is 0 Å². The van der Waals surface area contributed by atoms with Crippen molar-refractivity contribution in [2.75, 3.05) is 0 Å². The molecule has 0 aromatic carbocycles. The molecule has 4 aliphatic carbocycles. The Morgan fingerprint density at radius 3 is 1.00 bits per heavy atom. The van der Waals surface area contributed by atoms with E-state index in [4.69, 9.17) is 0 Å². The summed E-state index contributed by atoms with van der Waals surface area (Å²) in [5.74, 6) is 6.51. The molecule has 0 spiro atoms. The van der Waals surface area contributed by atoms with Gasteiger partial charge in [0, 0.05) is 11.1 Å². The average Bonchev–Trinajstić information content (AvgIpc) is 3.08. The van der Waals surface area contributed by atoms with E-state index in [1.165, 1.54) is 22.3 Å². The number of hydrogen-bond acceptors (Lipinski definition) is 0. The van der Waals surface area contributed by atoms with E-state index in [-0.39, 0.29) is 0 Å². The third-order valence-corrected chi connectivity index (χ3v) is 3.89. The molecule has 0 heterocycles. The fraction of sp³-hybridized carbons (Fsp3) is 0. The van der Waals surface area contributed by atoms with Crippen molar-refractivity contribution in [1.29, 1.82) is 0 Å². The number of rotatable bonds is 0. The van der Waals surface area contributed by atoms with Crippen molar-refractivity contribution in [2.24, 2.45) is 0 Å². The lowest BCUT2D eigenvalue weighted by molar-refractivity contribution is 1.72. The lowest BCUT2D eigenvalue weighted by Crippen LogP contribution is -1.69. The van der Waals surface area contributed by atoms with E-state index in [0.717, 1.165) is 11.1 Å². The van der Waals surface area contributed by atoms with Crippen LogP contribution in [-0.2, 0) is 0 Å². The van der Waals surface area contributed by atoms with E-state index in [9.17, 15) is 0 Å². The fourth-order valence-electron chi connectivity index (χ4n) is 2.64. The van der Waals surface area contributed by atoms with Gasteiger partial charge in [-0.1, -0.05) is 72.5 Å². The maximum Gasteiger partial charge on any atom is 0.0249 e. The SMILES string of the molecule is C(#Cc1ccc2cccc-2cc1)c1ccc2cccc-2cc1. The van der Waals surface area contributed by atoms with Gasteiger partial charge in [-0.3, -0.25) is 0 Å². The first-order chi connectivity index (χ1) is 10.9. The van der Waals surface area contributed by atoms with Gasteiger partial charge in [-0.05, 0) is 46.5 Å². The van der Waals surface area contributed by atoms with Crippen LogP contribution in [0.3, 0.4) is 0 Å². The second-order valence-corrected chi connectivity index (χ2v) is 5.37. The summed E-state index contributed by atoms with van der Waals surface area (Å²) in [6, 6.07) is 29.4. The van der Waals surface area contributed by atoms with Crippen LogP contribution in [0.2, 0.25) is 0 Å². The van der Waals surface area contributed by atoms with Crippen LogP contribution < -0.4 is 0 Å². The van der Waals surface area contributed by atoms with Crippen molar-refractivity contribution in [3.63, 3.8) is 0 Å². The lowest BCUT2D eigenvalue weighted by atomic mass is 10.2. The Bertz CT molecular complexity index is 799. The Morgan fingerprint density at radius 1 is 0.364 bits per heavy atom. The first-order valence-electron chi connectivity index (χ1n) is 7.38. The van der Waals surface area contributed by atoms with Gasteiger partial charge in [0.1, 0.15) is 0 Å². The van der Waals surface area contributed by atoms with Gasteiger partial charge in [-0.15, -0.1) is 0 Å². The van der Waals surface area contributed by atoms with E-state index in [2.05, 4.69) is 96.8 Å². The highest BCUT2D eigenvalue weighted by Crippen LogP contribution is 2.22. The molecule has 0 N–H and O–H groups in total. The van der Waals surface area contributed by atoms with E-state index in [0.29, 0.717) is 0 Å². The van der Waals surface area contributed by atoms with Crippen LogP contribution in [0.5, 0.6) is 0 Å². The Morgan fingerprint density at radius 2 is 0.682 bits per heavy atom. The van der Waals surface area contributed by atoms with Gasteiger partial charge < -0.3 is 0 Å². The van der Waals surface area contributed by atoms with Crippen LogP contribution in [0.4, 0.5) is 0 Å². The molecule has 0 saturated carbocycles. The van der Waals surface area contributed by atoms with Gasteiger partial charge in [0.25, 0.3) is 0 Å². The highest BCUT2D eigenvalue weighted by atomic mass is 14.0. The first kappa shape index (κ1) is 12.7. The van der Waals surface area contributed by atoms with Gasteiger partial charge in [0.05, 0.1) is 0 Å². The summed E-state index contributed by atoms with van der Waals surface area (Å²) in [7, 11) is 0. The zero-order chi connectivity index (χ0) is 14.8. The van der Waals surface area contributed by atoms with E-state index >= 15 is 0 Å². The maximum atomic E-state index is 3.26. The molecule has 0 unspecified atom stereocenters. The zero-order valence-corrected chi connectivity index (χ0v) is 12.1. The Hall–Kier alpha value is -3.04. The number of fused-ring (bicyclic) bond motifs is 2. The standard InChI is InChI=1S/C22H14/c1-3-19-13-9-17(10-14-20(19)4-1)7-8-18-11-15-21-5-2-6-22(21)16-12-18/h1-6,9-16H. The van der Waals surface area contributed by atoms with Crippen molar-refractivity contribution < 1.29 is 0 Å². The van der Waals surface area contributed by atoms with Crippen molar-refractivity contribution in [1.82, 2.24) is 0 Å². The van der Waals surface area contributed by atoms with Gasteiger partial charge in [-0.25, -0.2) is 0 Å². The summed E-state index contributed by atoms with van der Waals surface area (Å²) >= 11 is 0. The molecule has 0 nitrogen and oxygen atoms in total. The largest absolute Gasteiger partial charge is 0.0617 e. The van der Waals surface area contributed by atoms with Gasteiger partial charge in [-0.2, -0.15) is 0 Å². The van der Waals surface area contributed by atoms with E-state index in [1.54, 1.807) is 0 Å². The maximum absolute atomic E-state index is 3.26. The van der Waals surface area contributed by atoms with Crippen molar-refractivity contribution in [2.45, 2.75) is 0 Å². The molecule has 0 radical (unpaired) electrons. The normalized spacial score (nSPS) is 10.4. The summed E-state index contributed by atoms with van der Waals surface area (Å²) in [6.07, 6.45) is 0. The minimum atomic E-state index is 1.03. The molecule has 0 aliphatic heterocycles.